The number of rotatable bonds is 3. The number of hydrogen-bond acceptors (Lipinski definition) is 2. The first kappa shape index (κ1) is 14.2. The van der Waals surface area contributed by atoms with Gasteiger partial charge in [0, 0.05) is 21.6 Å². The van der Waals surface area contributed by atoms with E-state index in [1.807, 2.05) is 42.5 Å². The van der Waals surface area contributed by atoms with Gasteiger partial charge in [0.1, 0.15) is 0 Å². The van der Waals surface area contributed by atoms with Gasteiger partial charge < -0.3 is 5.32 Å². The van der Waals surface area contributed by atoms with E-state index in [2.05, 4.69) is 17.2 Å². The summed E-state index contributed by atoms with van der Waals surface area (Å²) in [6.07, 6.45) is 1.80. The number of para-hydroxylation sites is 1. The number of halogens is 2. The minimum Gasteiger partial charge on any atom is -0.377 e. The second-order valence-corrected chi connectivity index (χ2v) is 5.76. The molecule has 2 nitrogen and oxygen atoms in total. The number of fused-ring (bicyclic) bond motifs is 1. The molecule has 1 heterocycles. The normalized spacial score (nSPS) is 12.3. The highest BCUT2D eigenvalue weighted by atomic mass is 35.5. The third-order valence-corrected chi connectivity index (χ3v) is 4.00. The third kappa shape index (κ3) is 2.97. The SMILES string of the molecule is CC(Nc1cccc2cccnc12)c1ccc(Cl)cc1Cl. The average Bonchev–Trinajstić information content (AvgIpc) is 2.47. The van der Waals surface area contributed by atoms with Crippen molar-refractivity contribution in [1.29, 1.82) is 0 Å². The van der Waals surface area contributed by atoms with Crippen LogP contribution in [-0.4, -0.2) is 4.98 Å². The third-order valence-electron chi connectivity index (χ3n) is 3.43. The van der Waals surface area contributed by atoms with Crippen molar-refractivity contribution in [3.8, 4) is 0 Å². The molecule has 106 valence electrons. The molecule has 0 aliphatic carbocycles. The summed E-state index contributed by atoms with van der Waals surface area (Å²) >= 11 is 12.2. The minimum absolute atomic E-state index is 0.0578. The van der Waals surface area contributed by atoms with Crippen LogP contribution >= 0.6 is 23.2 Å². The van der Waals surface area contributed by atoms with Crippen molar-refractivity contribution in [1.82, 2.24) is 4.98 Å². The summed E-state index contributed by atoms with van der Waals surface area (Å²) in [4.78, 5) is 4.45. The van der Waals surface area contributed by atoms with Crippen LogP contribution in [0.5, 0.6) is 0 Å². The van der Waals surface area contributed by atoms with Crippen molar-refractivity contribution in [3.63, 3.8) is 0 Å². The number of benzene rings is 2. The predicted molar refractivity (Wildman–Crippen MR) is 90.2 cm³/mol. The lowest BCUT2D eigenvalue weighted by molar-refractivity contribution is 0.886. The van der Waals surface area contributed by atoms with E-state index in [1.54, 1.807) is 12.3 Å². The Hall–Kier alpha value is -1.77. The van der Waals surface area contributed by atoms with Gasteiger partial charge >= 0.3 is 0 Å². The molecule has 1 N–H and O–H groups in total. The minimum atomic E-state index is 0.0578. The standard InChI is InChI=1S/C17H14Cl2N2/c1-11(14-8-7-13(18)10-15(14)19)21-16-6-2-4-12-5-3-9-20-17(12)16/h2-11,21H,1H3. The molecule has 0 saturated heterocycles. The Morgan fingerprint density at radius 1 is 1.05 bits per heavy atom. The van der Waals surface area contributed by atoms with E-state index < -0.39 is 0 Å². The van der Waals surface area contributed by atoms with Crippen molar-refractivity contribution in [2.45, 2.75) is 13.0 Å². The first-order valence-electron chi connectivity index (χ1n) is 6.70. The molecule has 0 bridgehead atoms. The highest BCUT2D eigenvalue weighted by Crippen LogP contribution is 2.30. The van der Waals surface area contributed by atoms with Gasteiger partial charge in [0.25, 0.3) is 0 Å². The first-order valence-corrected chi connectivity index (χ1v) is 7.46. The van der Waals surface area contributed by atoms with E-state index in [-0.39, 0.29) is 6.04 Å². The summed E-state index contributed by atoms with van der Waals surface area (Å²) in [7, 11) is 0. The zero-order valence-corrected chi connectivity index (χ0v) is 13.0. The average molecular weight is 317 g/mol. The molecule has 0 aliphatic rings. The zero-order valence-electron chi connectivity index (χ0n) is 11.5. The van der Waals surface area contributed by atoms with Gasteiger partial charge in [-0.15, -0.1) is 0 Å². The van der Waals surface area contributed by atoms with Gasteiger partial charge in [-0.05, 0) is 36.8 Å². The van der Waals surface area contributed by atoms with Crippen LogP contribution in [0.4, 0.5) is 5.69 Å². The van der Waals surface area contributed by atoms with E-state index in [1.165, 1.54) is 0 Å². The first-order chi connectivity index (χ1) is 10.1. The smallest absolute Gasteiger partial charge is 0.0933 e. The van der Waals surface area contributed by atoms with Gasteiger partial charge in [-0.2, -0.15) is 0 Å². The monoisotopic (exact) mass is 316 g/mol. The zero-order chi connectivity index (χ0) is 14.8. The molecule has 0 amide bonds. The topological polar surface area (TPSA) is 24.9 Å². The Morgan fingerprint density at radius 3 is 2.67 bits per heavy atom. The maximum absolute atomic E-state index is 6.27. The molecular formula is C17H14Cl2N2. The molecule has 1 aromatic heterocycles. The molecule has 0 spiro atoms. The fourth-order valence-corrected chi connectivity index (χ4v) is 2.96. The predicted octanol–water partition coefficient (Wildman–Crippen LogP) is 5.71. The van der Waals surface area contributed by atoms with Crippen LogP contribution in [-0.2, 0) is 0 Å². The summed E-state index contributed by atoms with van der Waals surface area (Å²) < 4.78 is 0. The molecule has 3 rings (SSSR count). The number of hydrogen-bond donors (Lipinski definition) is 1. The quantitative estimate of drug-likeness (QED) is 0.669. The number of aromatic nitrogens is 1. The van der Waals surface area contributed by atoms with Crippen LogP contribution in [0.25, 0.3) is 10.9 Å². The molecule has 2 aromatic carbocycles. The van der Waals surface area contributed by atoms with Crippen molar-refractivity contribution >= 4 is 39.8 Å². The van der Waals surface area contributed by atoms with Crippen LogP contribution in [0, 0.1) is 0 Å². The highest BCUT2D eigenvalue weighted by Gasteiger charge is 2.11. The molecule has 0 radical (unpaired) electrons. The second-order valence-electron chi connectivity index (χ2n) is 4.91. The van der Waals surface area contributed by atoms with Crippen LogP contribution in [0.15, 0.2) is 54.7 Å². The molecular weight excluding hydrogens is 303 g/mol. The Kier molecular flexibility index (Phi) is 4.00. The van der Waals surface area contributed by atoms with Gasteiger partial charge in [-0.1, -0.05) is 47.5 Å². The number of anilines is 1. The maximum atomic E-state index is 6.27. The van der Waals surface area contributed by atoms with Gasteiger partial charge in [0.05, 0.1) is 17.2 Å². The summed E-state index contributed by atoms with van der Waals surface area (Å²) in [5, 5.41) is 5.88. The summed E-state index contributed by atoms with van der Waals surface area (Å²) in [5.74, 6) is 0. The molecule has 0 aliphatic heterocycles. The van der Waals surface area contributed by atoms with E-state index in [9.17, 15) is 0 Å². The fraction of sp³-hybridized carbons (Fsp3) is 0.118. The Labute approximate surface area is 133 Å². The van der Waals surface area contributed by atoms with E-state index in [4.69, 9.17) is 23.2 Å². The lowest BCUT2D eigenvalue weighted by Crippen LogP contribution is -2.07. The van der Waals surface area contributed by atoms with Gasteiger partial charge in [-0.3, -0.25) is 4.98 Å². The van der Waals surface area contributed by atoms with Crippen LogP contribution in [0.2, 0.25) is 10.0 Å². The summed E-state index contributed by atoms with van der Waals surface area (Å²) in [6, 6.07) is 15.7. The number of nitrogens with one attached hydrogen (secondary N) is 1. The van der Waals surface area contributed by atoms with Crippen LogP contribution in [0.1, 0.15) is 18.5 Å². The van der Waals surface area contributed by atoms with Crippen molar-refractivity contribution in [3.05, 3.63) is 70.3 Å². The summed E-state index contributed by atoms with van der Waals surface area (Å²) in [6.45, 7) is 2.07. The van der Waals surface area contributed by atoms with Crippen molar-refractivity contribution in [2.75, 3.05) is 5.32 Å². The van der Waals surface area contributed by atoms with Gasteiger partial charge in [-0.25, -0.2) is 0 Å². The van der Waals surface area contributed by atoms with Gasteiger partial charge in [0.15, 0.2) is 0 Å². The van der Waals surface area contributed by atoms with Crippen molar-refractivity contribution in [2.24, 2.45) is 0 Å². The fourth-order valence-electron chi connectivity index (χ4n) is 2.38. The van der Waals surface area contributed by atoms with E-state index in [0.29, 0.717) is 10.0 Å². The van der Waals surface area contributed by atoms with Crippen LogP contribution in [0.3, 0.4) is 0 Å². The Balaban J connectivity index is 1.94. The molecule has 0 fully saturated rings. The van der Waals surface area contributed by atoms with Crippen LogP contribution < -0.4 is 5.32 Å². The van der Waals surface area contributed by atoms with Gasteiger partial charge in [0.2, 0.25) is 0 Å². The molecule has 21 heavy (non-hydrogen) atoms. The van der Waals surface area contributed by atoms with E-state index in [0.717, 1.165) is 22.2 Å². The molecule has 3 aromatic rings. The maximum Gasteiger partial charge on any atom is 0.0933 e. The molecule has 0 saturated carbocycles. The molecule has 1 unspecified atom stereocenters. The highest BCUT2D eigenvalue weighted by molar-refractivity contribution is 6.35. The number of pyridine rings is 1. The largest absolute Gasteiger partial charge is 0.377 e. The Bertz CT molecular complexity index is 781. The van der Waals surface area contributed by atoms with E-state index >= 15 is 0 Å². The molecule has 4 heteroatoms. The summed E-state index contributed by atoms with van der Waals surface area (Å²) in [5.41, 5.74) is 2.96. The van der Waals surface area contributed by atoms with Crippen molar-refractivity contribution < 1.29 is 0 Å². The lowest BCUT2D eigenvalue weighted by Gasteiger charge is -2.18. The number of nitrogens with zero attached hydrogens (tertiary/aromatic N) is 1. The lowest BCUT2D eigenvalue weighted by atomic mass is 10.1. The molecule has 1 atom stereocenters. The Morgan fingerprint density at radius 2 is 1.86 bits per heavy atom. The second kappa shape index (κ2) is 5.92.